The Labute approximate surface area is 118 Å². The molecule has 19 heavy (non-hydrogen) atoms. The highest BCUT2D eigenvalue weighted by Gasteiger charge is 2.10. The van der Waals surface area contributed by atoms with Gasteiger partial charge in [0, 0.05) is 6.07 Å². The zero-order valence-electron chi connectivity index (χ0n) is 10.3. The number of thiazole rings is 1. The lowest BCUT2D eigenvalue weighted by Crippen LogP contribution is -2.12. The number of nitrogens with one attached hydrogen (secondary N) is 1. The summed E-state index contributed by atoms with van der Waals surface area (Å²) in [5.41, 5.74) is 7.10. The number of thioether (sulfide) groups is 1. The van der Waals surface area contributed by atoms with Crippen molar-refractivity contribution in [3.63, 3.8) is 0 Å². The van der Waals surface area contributed by atoms with Gasteiger partial charge in [0.05, 0.1) is 17.5 Å². The van der Waals surface area contributed by atoms with Crippen molar-refractivity contribution >= 4 is 49.3 Å². The van der Waals surface area contributed by atoms with Gasteiger partial charge in [-0.05, 0) is 12.3 Å². The van der Waals surface area contributed by atoms with Crippen LogP contribution in [0.3, 0.4) is 0 Å². The molecule has 8 heteroatoms. The maximum atomic E-state index is 8.62. The lowest BCUT2D eigenvalue weighted by Gasteiger charge is -2.04. The predicted octanol–water partition coefficient (Wildman–Crippen LogP) is 2.31. The Bertz CT molecular complexity index is 674. The highest BCUT2D eigenvalue weighted by Crippen LogP contribution is 2.35. The molecule has 0 aliphatic rings. The van der Waals surface area contributed by atoms with Gasteiger partial charge in [-0.2, -0.15) is 5.26 Å². The number of rotatable bonds is 2. The molecule has 2 rings (SSSR count). The van der Waals surface area contributed by atoms with E-state index in [0.29, 0.717) is 21.7 Å². The summed E-state index contributed by atoms with van der Waals surface area (Å²) in [7, 11) is 1.57. The minimum atomic E-state index is 0.481. The molecular formula is C11H11N5OS2. The Morgan fingerprint density at radius 2 is 2.42 bits per heavy atom. The first-order chi connectivity index (χ1) is 9.17. The molecule has 0 unspecified atom stereocenters. The van der Waals surface area contributed by atoms with Crippen molar-refractivity contribution in [1.82, 2.24) is 10.3 Å². The van der Waals surface area contributed by atoms with Crippen LogP contribution in [0.2, 0.25) is 0 Å². The van der Waals surface area contributed by atoms with Gasteiger partial charge in [0.2, 0.25) is 0 Å². The Hall–Kier alpha value is -1.98. The highest BCUT2D eigenvalue weighted by atomic mass is 32.2. The summed E-state index contributed by atoms with van der Waals surface area (Å²) in [6.45, 7) is 0. The molecule has 0 saturated heterocycles. The maximum absolute atomic E-state index is 8.62. The number of nitriles is 1. The second-order valence-corrected chi connectivity index (χ2v) is 5.26. The van der Waals surface area contributed by atoms with Crippen LogP contribution in [-0.2, 0) is 0 Å². The quantitative estimate of drug-likeness (QED) is 0.382. The summed E-state index contributed by atoms with van der Waals surface area (Å²) in [5, 5.41) is 12.1. The molecule has 0 radical (unpaired) electrons. The number of aliphatic imine (C=N–C) groups is 1. The summed E-state index contributed by atoms with van der Waals surface area (Å²) < 4.78 is 6.18. The molecule has 0 fully saturated rings. The van der Waals surface area contributed by atoms with E-state index in [4.69, 9.17) is 15.7 Å². The SMILES string of the molecule is COc1cc(N=C(NC#N)SC)cc2sc(N)nc12. The van der Waals surface area contributed by atoms with Crippen molar-refractivity contribution in [1.29, 1.82) is 5.26 Å². The third-order valence-electron chi connectivity index (χ3n) is 2.27. The number of benzene rings is 1. The van der Waals surface area contributed by atoms with Crippen LogP contribution in [0.1, 0.15) is 0 Å². The molecule has 98 valence electrons. The van der Waals surface area contributed by atoms with E-state index in [-0.39, 0.29) is 0 Å². The number of hydrogen-bond acceptors (Lipinski definition) is 7. The number of nitrogens with two attached hydrogens (primary N) is 1. The number of hydrogen-bond donors (Lipinski definition) is 2. The third-order valence-corrected chi connectivity index (χ3v) is 3.68. The Morgan fingerprint density at radius 3 is 3.05 bits per heavy atom. The normalized spacial score (nSPS) is 11.3. The average Bonchev–Trinajstić information content (AvgIpc) is 2.77. The van der Waals surface area contributed by atoms with Crippen molar-refractivity contribution in [2.45, 2.75) is 0 Å². The first-order valence-corrected chi connectivity index (χ1v) is 7.24. The van der Waals surface area contributed by atoms with Crippen LogP contribution in [0.5, 0.6) is 5.75 Å². The standard InChI is InChI=1S/C11H11N5OS2/c1-17-7-3-6(15-11(18-2)14-5-12)4-8-9(7)16-10(13)19-8/h3-4H,1-2H3,(H2,13,16)(H,14,15). The van der Waals surface area contributed by atoms with E-state index in [0.717, 1.165) is 10.2 Å². The topological polar surface area (TPSA) is 96.3 Å². The molecule has 0 aliphatic carbocycles. The molecule has 1 heterocycles. The molecule has 0 atom stereocenters. The minimum Gasteiger partial charge on any atom is -0.494 e. The van der Waals surface area contributed by atoms with Crippen LogP contribution in [0.4, 0.5) is 10.8 Å². The van der Waals surface area contributed by atoms with Gasteiger partial charge in [0.15, 0.2) is 16.5 Å². The monoisotopic (exact) mass is 293 g/mol. The van der Waals surface area contributed by atoms with Gasteiger partial charge in [-0.1, -0.05) is 23.1 Å². The molecule has 6 nitrogen and oxygen atoms in total. The smallest absolute Gasteiger partial charge is 0.183 e. The molecule has 3 N–H and O–H groups in total. The largest absolute Gasteiger partial charge is 0.494 e. The summed E-state index contributed by atoms with van der Waals surface area (Å²) >= 11 is 2.72. The van der Waals surface area contributed by atoms with Crippen molar-refractivity contribution in [2.75, 3.05) is 19.1 Å². The zero-order chi connectivity index (χ0) is 13.8. The number of amidine groups is 1. The van der Waals surface area contributed by atoms with Crippen LogP contribution in [-0.4, -0.2) is 23.5 Å². The van der Waals surface area contributed by atoms with Crippen molar-refractivity contribution < 1.29 is 4.74 Å². The summed E-state index contributed by atoms with van der Waals surface area (Å²) in [6.07, 6.45) is 3.68. The fourth-order valence-corrected chi connectivity index (χ4v) is 2.64. The molecule has 0 saturated carbocycles. The highest BCUT2D eigenvalue weighted by molar-refractivity contribution is 8.13. The number of nitrogens with zero attached hydrogens (tertiary/aromatic N) is 3. The first kappa shape index (κ1) is 13.5. The number of methoxy groups -OCH3 is 1. The van der Waals surface area contributed by atoms with Gasteiger partial charge < -0.3 is 10.5 Å². The molecular weight excluding hydrogens is 282 g/mol. The van der Waals surface area contributed by atoms with Crippen molar-refractivity contribution in [3.05, 3.63) is 12.1 Å². The van der Waals surface area contributed by atoms with Gasteiger partial charge in [0.25, 0.3) is 0 Å². The van der Waals surface area contributed by atoms with Gasteiger partial charge >= 0.3 is 0 Å². The maximum Gasteiger partial charge on any atom is 0.183 e. The fraction of sp³-hybridized carbons (Fsp3) is 0.182. The Kier molecular flexibility index (Phi) is 4.09. The Balaban J connectivity index is 2.53. The second kappa shape index (κ2) is 5.77. The number of aromatic nitrogens is 1. The molecule has 1 aromatic heterocycles. The lowest BCUT2D eigenvalue weighted by atomic mass is 10.3. The zero-order valence-corrected chi connectivity index (χ0v) is 11.9. The van der Waals surface area contributed by atoms with Crippen LogP contribution in [0.15, 0.2) is 17.1 Å². The van der Waals surface area contributed by atoms with Crippen LogP contribution in [0.25, 0.3) is 10.2 Å². The van der Waals surface area contributed by atoms with Crippen LogP contribution in [0, 0.1) is 11.5 Å². The number of ether oxygens (including phenoxy) is 1. The predicted molar refractivity (Wildman–Crippen MR) is 79.9 cm³/mol. The van der Waals surface area contributed by atoms with E-state index in [1.807, 2.05) is 18.5 Å². The molecule has 0 bridgehead atoms. The van der Waals surface area contributed by atoms with Crippen molar-refractivity contribution in [3.8, 4) is 11.9 Å². The Morgan fingerprint density at radius 1 is 1.63 bits per heavy atom. The third kappa shape index (κ3) is 2.89. The molecule has 1 aromatic carbocycles. The van der Waals surface area contributed by atoms with Gasteiger partial charge in [-0.15, -0.1) is 0 Å². The second-order valence-electron chi connectivity index (χ2n) is 3.40. The van der Waals surface area contributed by atoms with Gasteiger partial charge in [-0.3, -0.25) is 5.32 Å². The van der Waals surface area contributed by atoms with E-state index in [1.165, 1.54) is 23.1 Å². The molecule has 0 spiro atoms. The van der Waals surface area contributed by atoms with Crippen molar-refractivity contribution in [2.24, 2.45) is 4.99 Å². The molecule has 0 aliphatic heterocycles. The lowest BCUT2D eigenvalue weighted by molar-refractivity contribution is 0.419. The van der Waals surface area contributed by atoms with Crippen LogP contribution < -0.4 is 15.8 Å². The molecule has 2 aromatic rings. The van der Waals surface area contributed by atoms with Crippen LogP contribution >= 0.6 is 23.1 Å². The van der Waals surface area contributed by atoms with Gasteiger partial charge in [0.1, 0.15) is 11.3 Å². The number of fused-ring (bicyclic) bond motifs is 1. The van der Waals surface area contributed by atoms with E-state index in [9.17, 15) is 0 Å². The fourth-order valence-electron chi connectivity index (χ4n) is 1.51. The number of nitrogen functional groups attached to an aromatic ring is 1. The minimum absolute atomic E-state index is 0.481. The average molecular weight is 293 g/mol. The molecule has 0 amide bonds. The van der Waals surface area contributed by atoms with Gasteiger partial charge in [-0.25, -0.2) is 9.98 Å². The first-order valence-electron chi connectivity index (χ1n) is 5.19. The summed E-state index contributed by atoms with van der Waals surface area (Å²) in [4.78, 5) is 8.55. The van der Waals surface area contributed by atoms with E-state index in [1.54, 1.807) is 13.2 Å². The number of anilines is 1. The van der Waals surface area contributed by atoms with E-state index < -0.39 is 0 Å². The summed E-state index contributed by atoms with van der Waals surface area (Å²) in [5.74, 6) is 0.613. The van der Waals surface area contributed by atoms with E-state index in [2.05, 4.69) is 15.3 Å². The summed E-state index contributed by atoms with van der Waals surface area (Å²) in [6, 6.07) is 3.62. The van der Waals surface area contributed by atoms with E-state index >= 15 is 0 Å².